The predicted molar refractivity (Wildman–Crippen MR) is 75.8 cm³/mol. The number of aromatic nitrogens is 1. The maximum atomic E-state index is 12.1. The van der Waals surface area contributed by atoms with E-state index in [0.717, 1.165) is 16.6 Å². The predicted octanol–water partition coefficient (Wildman–Crippen LogP) is 3.95. The monoisotopic (exact) mass is 277 g/mol. The van der Waals surface area contributed by atoms with Gasteiger partial charge in [-0.05, 0) is 23.6 Å². The molecule has 1 aliphatic carbocycles. The lowest BCUT2D eigenvalue weighted by Gasteiger charge is -2.15. The first-order chi connectivity index (χ1) is 8.59. The normalized spacial score (nSPS) is 11.3. The molecule has 3 rings (SSSR count). The number of hydrogen-bond donors (Lipinski definition) is 0. The Morgan fingerprint density at radius 1 is 1.11 bits per heavy atom. The Labute approximate surface area is 114 Å². The molecule has 18 heavy (non-hydrogen) atoms. The molecule has 4 heteroatoms. The molecule has 90 valence electrons. The summed E-state index contributed by atoms with van der Waals surface area (Å²) in [6.07, 6.45) is 0. The zero-order valence-corrected chi connectivity index (χ0v) is 11.1. The van der Waals surface area contributed by atoms with Gasteiger partial charge in [-0.1, -0.05) is 41.4 Å². The molecule has 2 nitrogen and oxygen atoms in total. The van der Waals surface area contributed by atoms with Gasteiger partial charge in [0.25, 0.3) is 0 Å². The van der Waals surface area contributed by atoms with E-state index < -0.39 is 0 Å². The number of benzene rings is 2. The lowest BCUT2D eigenvalue weighted by atomic mass is 10.0. The van der Waals surface area contributed by atoms with Crippen LogP contribution in [0.1, 0.15) is 0 Å². The third-order valence-corrected chi connectivity index (χ3v) is 3.92. The third-order valence-electron chi connectivity index (χ3n) is 3.15. The zero-order valence-electron chi connectivity index (χ0n) is 9.58. The van der Waals surface area contributed by atoms with Crippen molar-refractivity contribution in [2.24, 2.45) is 7.05 Å². The van der Waals surface area contributed by atoms with Gasteiger partial charge in [-0.25, -0.2) is 0 Å². The van der Waals surface area contributed by atoms with Gasteiger partial charge < -0.3 is 4.57 Å². The van der Waals surface area contributed by atoms with Crippen molar-refractivity contribution in [1.82, 2.24) is 4.57 Å². The summed E-state index contributed by atoms with van der Waals surface area (Å²) in [6, 6.07) is 11.5. The summed E-state index contributed by atoms with van der Waals surface area (Å²) in [4.78, 5) is 12.1. The molecule has 0 saturated heterocycles. The average Bonchev–Trinajstić information content (AvgIpc) is 2.38. The maximum Gasteiger partial charge on any atom is 0.208 e. The van der Waals surface area contributed by atoms with Crippen LogP contribution in [0.5, 0.6) is 0 Å². The van der Waals surface area contributed by atoms with E-state index >= 15 is 0 Å². The van der Waals surface area contributed by atoms with Crippen molar-refractivity contribution in [3.8, 4) is 11.3 Å². The van der Waals surface area contributed by atoms with E-state index in [9.17, 15) is 4.79 Å². The van der Waals surface area contributed by atoms with Crippen LogP contribution in [0.2, 0.25) is 10.0 Å². The number of para-hydroxylation sites is 1. The Hall–Kier alpha value is -1.51. The number of rotatable bonds is 0. The number of aryl methyl sites for hydroxylation is 1. The Bertz CT molecular complexity index is 792. The van der Waals surface area contributed by atoms with E-state index in [0.29, 0.717) is 10.6 Å². The topological polar surface area (TPSA) is 22.0 Å². The fourth-order valence-corrected chi connectivity index (χ4v) is 2.57. The Morgan fingerprint density at radius 3 is 2.61 bits per heavy atom. The van der Waals surface area contributed by atoms with Crippen LogP contribution in [0.3, 0.4) is 0 Å². The van der Waals surface area contributed by atoms with Crippen molar-refractivity contribution in [2.45, 2.75) is 0 Å². The zero-order chi connectivity index (χ0) is 12.9. The standard InChI is InChI=1S/C14H9Cl2NO/c1-17-11-5-3-2-4-8(11)6-9-12(17)7-10(15)13(16)14(9)18/h2-7H,1H3. The van der Waals surface area contributed by atoms with Gasteiger partial charge in [0.2, 0.25) is 5.43 Å². The highest BCUT2D eigenvalue weighted by Gasteiger charge is 2.16. The van der Waals surface area contributed by atoms with Gasteiger partial charge in [-0.3, -0.25) is 4.79 Å². The van der Waals surface area contributed by atoms with Crippen molar-refractivity contribution < 1.29 is 0 Å². The average molecular weight is 278 g/mol. The minimum absolute atomic E-state index is 0.0828. The number of nitrogens with zero attached hydrogens (tertiary/aromatic N) is 1. The van der Waals surface area contributed by atoms with E-state index in [1.54, 1.807) is 6.07 Å². The van der Waals surface area contributed by atoms with E-state index in [2.05, 4.69) is 0 Å². The Kier molecular flexibility index (Phi) is 2.58. The van der Waals surface area contributed by atoms with E-state index in [-0.39, 0.29) is 10.5 Å². The number of pyridine rings is 1. The summed E-state index contributed by atoms with van der Waals surface area (Å²) in [5, 5.41) is 1.38. The number of fused-ring (bicyclic) bond motifs is 2. The summed E-state index contributed by atoms with van der Waals surface area (Å²) in [6.45, 7) is 0. The second kappa shape index (κ2) is 4.01. The first-order valence-corrected chi connectivity index (χ1v) is 6.21. The van der Waals surface area contributed by atoms with Crippen LogP contribution in [0.25, 0.3) is 22.2 Å². The van der Waals surface area contributed by atoms with E-state index in [1.165, 1.54) is 0 Å². The molecule has 0 fully saturated rings. The molecule has 1 aromatic carbocycles. The molecule has 0 bridgehead atoms. The highest BCUT2D eigenvalue weighted by molar-refractivity contribution is 6.42. The summed E-state index contributed by atoms with van der Waals surface area (Å²) in [5.41, 5.74) is 2.20. The van der Waals surface area contributed by atoms with Crippen LogP contribution in [-0.4, -0.2) is 4.57 Å². The lowest BCUT2D eigenvalue weighted by Crippen LogP contribution is -2.12. The summed E-state index contributed by atoms with van der Waals surface area (Å²) in [7, 11) is 1.91. The van der Waals surface area contributed by atoms with Crippen molar-refractivity contribution in [1.29, 1.82) is 0 Å². The quantitative estimate of drug-likeness (QED) is 0.571. The molecular formula is C14H9Cl2NO. The fourth-order valence-electron chi connectivity index (χ4n) is 2.22. The molecule has 1 aromatic rings. The smallest absolute Gasteiger partial charge is 0.208 e. The minimum Gasteiger partial charge on any atom is -0.343 e. The van der Waals surface area contributed by atoms with Gasteiger partial charge in [0, 0.05) is 18.1 Å². The molecule has 0 N–H and O–H groups in total. The molecule has 1 aliphatic heterocycles. The second-order valence-corrected chi connectivity index (χ2v) is 4.98. The van der Waals surface area contributed by atoms with Gasteiger partial charge in [-0.15, -0.1) is 0 Å². The van der Waals surface area contributed by atoms with E-state index in [4.69, 9.17) is 23.2 Å². The van der Waals surface area contributed by atoms with Crippen LogP contribution < -0.4 is 5.43 Å². The van der Waals surface area contributed by atoms with Crippen LogP contribution in [0.4, 0.5) is 0 Å². The SMILES string of the molecule is Cn1c2cc(Cl)c(Cl)c(=O)c-2cc2ccccc21. The molecule has 0 aromatic heterocycles. The summed E-state index contributed by atoms with van der Waals surface area (Å²) >= 11 is 11.9. The van der Waals surface area contributed by atoms with Gasteiger partial charge in [-0.2, -0.15) is 0 Å². The number of halogens is 2. The van der Waals surface area contributed by atoms with Crippen LogP contribution in [0.15, 0.2) is 41.2 Å². The molecular weight excluding hydrogens is 269 g/mol. The molecule has 0 radical (unpaired) electrons. The van der Waals surface area contributed by atoms with Crippen LogP contribution >= 0.6 is 23.2 Å². The summed E-state index contributed by atoms with van der Waals surface area (Å²) < 4.78 is 1.95. The summed E-state index contributed by atoms with van der Waals surface area (Å²) in [5.74, 6) is 0. The van der Waals surface area contributed by atoms with Crippen LogP contribution in [0, 0.1) is 0 Å². The second-order valence-electron chi connectivity index (χ2n) is 4.20. The Morgan fingerprint density at radius 2 is 1.83 bits per heavy atom. The first kappa shape index (κ1) is 11.6. The molecule has 0 saturated carbocycles. The van der Waals surface area contributed by atoms with Gasteiger partial charge in [0.1, 0.15) is 5.02 Å². The van der Waals surface area contributed by atoms with Gasteiger partial charge >= 0.3 is 0 Å². The minimum atomic E-state index is -0.222. The van der Waals surface area contributed by atoms with Gasteiger partial charge in [0.15, 0.2) is 0 Å². The molecule has 2 aliphatic rings. The third kappa shape index (κ3) is 1.53. The molecule has 0 unspecified atom stereocenters. The molecule has 0 amide bonds. The fraction of sp³-hybridized carbons (Fsp3) is 0.0714. The molecule has 1 heterocycles. The van der Waals surface area contributed by atoms with Crippen molar-refractivity contribution in [2.75, 3.05) is 0 Å². The van der Waals surface area contributed by atoms with E-state index in [1.807, 2.05) is 41.9 Å². The first-order valence-electron chi connectivity index (χ1n) is 5.46. The van der Waals surface area contributed by atoms with Crippen molar-refractivity contribution >= 4 is 34.1 Å². The highest BCUT2D eigenvalue weighted by Crippen LogP contribution is 2.30. The van der Waals surface area contributed by atoms with Crippen LogP contribution in [-0.2, 0) is 7.05 Å². The lowest BCUT2D eigenvalue weighted by molar-refractivity contribution is 0.960. The Balaban J connectivity index is 2.61. The maximum absolute atomic E-state index is 12.1. The van der Waals surface area contributed by atoms with Crippen molar-refractivity contribution in [3.05, 3.63) is 56.7 Å². The van der Waals surface area contributed by atoms with Gasteiger partial charge in [0.05, 0.1) is 10.7 Å². The highest BCUT2D eigenvalue weighted by atomic mass is 35.5. The molecule has 0 atom stereocenters. The largest absolute Gasteiger partial charge is 0.343 e. The van der Waals surface area contributed by atoms with Crippen molar-refractivity contribution in [3.63, 3.8) is 0 Å². The number of hydrogen-bond acceptors (Lipinski definition) is 1. The molecule has 0 spiro atoms.